The van der Waals surface area contributed by atoms with Gasteiger partial charge in [-0.1, -0.05) is 6.92 Å². The number of nitrogens with zero attached hydrogens (tertiary/aromatic N) is 1. The van der Waals surface area contributed by atoms with Crippen molar-refractivity contribution >= 4 is 5.91 Å². The first-order valence-corrected chi connectivity index (χ1v) is 7.77. The molecular formula is C15H29N3O. The fourth-order valence-electron chi connectivity index (χ4n) is 3.05. The van der Waals surface area contributed by atoms with Crippen molar-refractivity contribution in [3.8, 4) is 0 Å². The van der Waals surface area contributed by atoms with E-state index in [0.717, 1.165) is 24.9 Å². The molecule has 0 saturated heterocycles. The van der Waals surface area contributed by atoms with Crippen LogP contribution in [0.25, 0.3) is 0 Å². The fourth-order valence-corrected chi connectivity index (χ4v) is 3.05. The molecule has 0 spiro atoms. The number of amides is 1. The van der Waals surface area contributed by atoms with E-state index in [0.29, 0.717) is 6.04 Å². The molecule has 3 N–H and O–H groups in total. The van der Waals surface area contributed by atoms with Gasteiger partial charge in [0.05, 0.1) is 5.54 Å². The third kappa shape index (κ3) is 3.93. The van der Waals surface area contributed by atoms with Crippen LogP contribution in [0.15, 0.2) is 0 Å². The number of nitrogens with one attached hydrogen (secondary N) is 1. The van der Waals surface area contributed by atoms with Crippen LogP contribution in [0.3, 0.4) is 0 Å². The highest BCUT2D eigenvalue weighted by Crippen LogP contribution is 2.37. The van der Waals surface area contributed by atoms with Crippen LogP contribution in [0.2, 0.25) is 0 Å². The molecule has 2 unspecified atom stereocenters. The highest BCUT2D eigenvalue weighted by Gasteiger charge is 2.40. The summed E-state index contributed by atoms with van der Waals surface area (Å²) in [7, 11) is 0. The Balaban J connectivity index is 1.95. The van der Waals surface area contributed by atoms with Gasteiger partial charge in [0.15, 0.2) is 0 Å². The van der Waals surface area contributed by atoms with Crippen LogP contribution in [0.1, 0.15) is 52.9 Å². The number of rotatable bonds is 9. The number of hydrogen-bond acceptors (Lipinski definition) is 3. The second-order valence-corrected chi connectivity index (χ2v) is 6.65. The van der Waals surface area contributed by atoms with Crippen LogP contribution >= 0.6 is 0 Å². The first kappa shape index (κ1) is 14.8. The molecule has 0 aromatic rings. The van der Waals surface area contributed by atoms with Crippen molar-refractivity contribution in [3.63, 3.8) is 0 Å². The lowest BCUT2D eigenvalue weighted by atomic mass is 9.91. The van der Waals surface area contributed by atoms with Crippen molar-refractivity contribution in [2.24, 2.45) is 11.7 Å². The minimum Gasteiger partial charge on any atom is -0.368 e. The van der Waals surface area contributed by atoms with Crippen LogP contribution in [-0.2, 0) is 4.79 Å². The molecule has 2 saturated carbocycles. The largest absolute Gasteiger partial charge is 0.368 e. The average molecular weight is 267 g/mol. The molecule has 0 radical (unpaired) electrons. The van der Waals surface area contributed by atoms with Gasteiger partial charge in [0.1, 0.15) is 0 Å². The number of likely N-dealkylation sites (N-methyl/N-ethyl adjacent to an activating group) is 1. The first-order chi connectivity index (χ1) is 8.96. The van der Waals surface area contributed by atoms with Gasteiger partial charge in [-0.25, -0.2) is 0 Å². The predicted octanol–water partition coefficient (Wildman–Crippen LogP) is 1.49. The van der Waals surface area contributed by atoms with Crippen molar-refractivity contribution in [2.75, 3.05) is 13.1 Å². The van der Waals surface area contributed by atoms with Crippen LogP contribution < -0.4 is 11.1 Å². The average Bonchev–Trinajstić information content (AvgIpc) is 3.19. The summed E-state index contributed by atoms with van der Waals surface area (Å²) in [6, 6.07) is 1.18. The van der Waals surface area contributed by atoms with Gasteiger partial charge in [-0.3, -0.25) is 9.69 Å². The molecule has 2 fully saturated rings. The molecule has 4 heteroatoms. The molecule has 0 aliphatic heterocycles. The molecule has 4 nitrogen and oxygen atoms in total. The summed E-state index contributed by atoms with van der Waals surface area (Å²) < 4.78 is 0. The van der Waals surface area contributed by atoms with E-state index in [4.69, 9.17) is 5.73 Å². The lowest BCUT2D eigenvalue weighted by Crippen LogP contribution is -2.56. The molecule has 2 atom stereocenters. The normalized spacial score (nSPS) is 24.2. The Hall–Kier alpha value is -0.610. The third-order valence-corrected chi connectivity index (χ3v) is 4.56. The van der Waals surface area contributed by atoms with E-state index in [2.05, 4.69) is 17.1 Å². The van der Waals surface area contributed by atoms with Gasteiger partial charge in [0.25, 0.3) is 0 Å². The van der Waals surface area contributed by atoms with Crippen molar-refractivity contribution in [3.05, 3.63) is 0 Å². The van der Waals surface area contributed by atoms with Crippen LogP contribution in [0, 0.1) is 5.92 Å². The quantitative estimate of drug-likeness (QED) is 0.665. The first-order valence-electron chi connectivity index (χ1n) is 7.77. The molecule has 0 heterocycles. The fraction of sp³-hybridized carbons (Fsp3) is 0.933. The van der Waals surface area contributed by atoms with E-state index >= 15 is 0 Å². The van der Waals surface area contributed by atoms with Crippen LogP contribution in [0.5, 0.6) is 0 Å². The zero-order valence-electron chi connectivity index (χ0n) is 12.6. The van der Waals surface area contributed by atoms with E-state index in [9.17, 15) is 4.79 Å². The molecule has 2 rings (SSSR count). The van der Waals surface area contributed by atoms with Gasteiger partial charge in [-0.15, -0.1) is 0 Å². The highest BCUT2D eigenvalue weighted by molar-refractivity contribution is 5.84. The second kappa shape index (κ2) is 5.80. The third-order valence-electron chi connectivity index (χ3n) is 4.56. The lowest BCUT2D eigenvalue weighted by molar-refractivity contribution is -0.124. The minimum atomic E-state index is -0.579. The summed E-state index contributed by atoms with van der Waals surface area (Å²) in [4.78, 5) is 14.4. The predicted molar refractivity (Wildman–Crippen MR) is 77.8 cm³/mol. The monoisotopic (exact) mass is 267 g/mol. The Labute approximate surface area is 117 Å². The molecule has 110 valence electrons. The van der Waals surface area contributed by atoms with Gasteiger partial charge in [0, 0.05) is 18.6 Å². The summed E-state index contributed by atoms with van der Waals surface area (Å²) >= 11 is 0. The number of carbonyl (C=O) groups excluding carboxylic acids is 1. The zero-order chi connectivity index (χ0) is 14.0. The summed E-state index contributed by atoms with van der Waals surface area (Å²) in [5.74, 6) is 0.672. The number of primary amides is 1. The van der Waals surface area contributed by atoms with E-state index in [1.54, 1.807) is 0 Å². The zero-order valence-corrected chi connectivity index (χ0v) is 12.6. The SMILES string of the molecule is CCNC(C)(CC(C)N(CC1CC1)C1CC1)C(N)=O. The van der Waals surface area contributed by atoms with E-state index < -0.39 is 5.54 Å². The topological polar surface area (TPSA) is 58.4 Å². The smallest absolute Gasteiger partial charge is 0.237 e. The van der Waals surface area contributed by atoms with Crippen molar-refractivity contribution in [1.82, 2.24) is 10.2 Å². The summed E-state index contributed by atoms with van der Waals surface area (Å²) in [5.41, 5.74) is 5.01. The number of nitrogens with two attached hydrogens (primary N) is 1. The van der Waals surface area contributed by atoms with Crippen molar-refractivity contribution in [1.29, 1.82) is 0 Å². The lowest BCUT2D eigenvalue weighted by Gasteiger charge is -2.36. The van der Waals surface area contributed by atoms with Gasteiger partial charge in [0.2, 0.25) is 5.91 Å². The van der Waals surface area contributed by atoms with E-state index in [1.807, 2.05) is 13.8 Å². The summed E-state index contributed by atoms with van der Waals surface area (Å²) in [6.07, 6.45) is 6.23. The van der Waals surface area contributed by atoms with Crippen molar-refractivity contribution < 1.29 is 4.79 Å². The van der Waals surface area contributed by atoms with Crippen LogP contribution in [-0.4, -0.2) is 41.5 Å². The Bertz CT molecular complexity index is 325. The van der Waals surface area contributed by atoms with Crippen molar-refractivity contribution in [2.45, 2.75) is 70.5 Å². The summed E-state index contributed by atoms with van der Waals surface area (Å²) in [6.45, 7) is 8.20. The molecule has 1 amide bonds. The molecule has 2 aliphatic rings. The van der Waals surface area contributed by atoms with Crippen LogP contribution in [0.4, 0.5) is 0 Å². The maximum atomic E-state index is 11.7. The highest BCUT2D eigenvalue weighted by atomic mass is 16.1. The molecule has 19 heavy (non-hydrogen) atoms. The minimum absolute atomic E-state index is 0.233. The molecular weight excluding hydrogens is 238 g/mol. The Morgan fingerprint density at radius 1 is 1.42 bits per heavy atom. The van der Waals surface area contributed by atoms with E-state index in [-0.39, 0.29) is 5.91 Å². The second-order valence-electron chi connectivity index (χ2n) is 6.65. The Morgan fingerprint density at radius 3 is 2.47 bits per heavy atom. The maximum Gasteiger partial charge on any atom is 0.237 e. The Morgan fingerprint density at radius 2 is 2.05 bits per heavy atom. The van der Waals surface area contributed by atoms with E-state index in [1.165, 1.54) is 32.2 Å². The number of carbonyl (C=O) groups is 1. The molecule has 0 aromatic carbocycles. The molecule has 0 aromatic heterocycles. The molecule has 2 aliphatic carbocycles. The van der Waals surface area contributed by atoms with Gasteiger partial charge in [-0.2, -0.15) is 0 Å². The van der Waals surface area contributed by atoms with Gasteiger partial charge in [-0.05, 0) is 58.4 Å². The Kier molecular flexibility index (Phi) is 4.51. The summed E-state index contributed by atoms with van der Waals surface area (Å²) in [5, 5.41) is 3.27. The number of hydrogen-bond donors (Lipinski definition) is 2. The standard InChI is InChI=1S/C15H29N3O/c1-4-17-15(3,14(16)19)9-11(2)18(13-7-8-13)10-12-5-6-12/h11-13,17H,4-10H2,1-3H3,(H2,16,19). The molecule has 0 bridgehead atoms. The maximum absolute atomic E-state index is 11.7. The van der Waals surface area contributed by atoms with Gasteiger partial charge >= 0.3 is 0 Å². The van der Waals surface area contributed by atoms with Gasteiger partial charge < -0.3 is 11.1 Å².